The Morgan fingerprint density at radius 2 is 1.71 bits per heavy atom. The molecule has 0 amide bonds. The minimum absolute atomic E-state index is 0.416. The summed E-state index contributed by atoms with van der Waals surface area (Å²) in [7, 11) is -1.16. The van der Waals surface area contributed by atoms with Crippen LogP contribution in [0.4, 0.5) is 11.8 Å². The van der Waals surface area contributed by atoms with E-state index in [9.17, 15) is 0 Å². The molecule has 0 unspecified atom stereocenters. The predicted octanol–water partition coefficient (Wildman–Crippen LogP) is 8.18. The second-order valence-electron chi connectivity index (χ2n) is 12.2. The lowest BCUT2D eigenvalue weighted by Gasteiger charge is -2.26. The van der Waals surface area contributed by atoms with Gasteiger partial charge in [0, 0.05) is 36.8 Å². The van der Waals surface area contributed by atoms with Crippen LogP contribution in [0.25, 0.3) is 27.6 Å². The predicted molar refractivity (Wildman–Crippen MR) is 175 cm³/mol. The molecular formula is C32H39BrN6OSi. The van der Waals surface area contributed by atoms with Gasteiger partial charge in [0.25, 0.3) is 0 Å². The number of para-hydroxylation sites is 1. The third-order valence-electron chi connectivity index (χ3n) is 7.74. The molecule has 1 saturated heterocycles. The number of likely N-dealkylation sites (tertiary alicyclic amines) is 1. The zero-order valence-corrected chi connectivity index (χ0v) is 26.8. The van der Waals surface area contributed by atoms with Gasteiger partial charge >= 0.3 is 0 Å². The molecule has 0 atom stereocenters. The summed E-state index contributed by atoms with van der Waals surface area (Å²) in [6.45, 7) is 11.6. The van der Waals surface area contributed by atoms with Crippen LogP contribution < -0.4 is 5.32 Å². The van der Waals surface area contributed by atoms with Crippen LogP contribution in [0.2, 0.25) is 25.7 Å². The van der Waals surface area contributed by atoms with Gasteiger partial charge in [0.15, 0.2) is 5.82 Å². The largest absolute Gasteiger partial charge is 0.360 e. The summed E-state index contributed by atoms with van der Waals surface area (Å²) >= 11 is 3.66. The molecule has 41 heavy (non-hydrogen) atoms. The molecule has 1 aliphatic rings. The highest BCUT2D eigenvalue weighted by atomic mass is 79.9. The summed E-state index contributed by atoms with van der Waals surface area (Å²) in [5, 5.41) is 9.60. The number of piperidine rings is 1. The molecule has 1 aliphatic heterocycles. The summed E-state index contributed by atoms with van der Waals surface area (Å²) in [4.78, 5) is 7.68. The molecule has 9 heteroatoms. The van der Waals surface area contributed by atoms with Gasteiger partial charge in [0.05, 0.1) is 16.6 Å². The molecule has 0 spiro atoms. The SMILES string of the molecule is C[Si](C)(C)CCOCn1nc(Nc2nc3cc(CN4CCCCC4)ccc3n2-c2ccccc2)c2cc(Br)ccc21. The fourth-order valence-corrected chi connectivity index (χ4v) is 6.62. The zero-order valence-electron chi connectivity index (χ0n) is 24.2. The number of ether oxygens (including phenoxy) is 1. The maximum absolute atomic E-state index is 6.09. The Bertz CT molecular complexity index is 1640. The summed E-state index contributed by atoms with van der Waals surface area (Å²) in [6.07, 6.45) is 3.93. The standard InChI is InChI=1S/C32H39BrN6OSi/c1-41(2,3)19-18-40-23-38-29-15-13-25(33)21-27(29)31(36-38)35-32-34-28-20-24(22-37-16-8-5-9-17-37)12-14-30(28)39(32)26-10-6-4-7-11-26/h4,6-7,10-15,20-21H,5,8-9,16-19,22-23H2,1-3H3,(H,34,35,36). The lowest BCUT2D eigenvalue weighted by atomic mass is 10.1. The van der Waals surface area contributed by atoms with E-state index in [1.807, 2.05) is 10.7 Å². The lowest BCUT2D eigenvalue weighted by molar-refractivity contribution is 0.0819. The number of anilines is 2. The molecule has 0 bridgehead atoms. The van der Waals surface area contributed by atoms with Crippen molar-refractivity contribution in [2.75, 3.05) is 25.0 Å². The molecule has 6 rings (SSSR count). The molecule has 214 valence electrons. The van der Waals surface area contributed by atoms with Gasteiger partial charge in [-0.2, -0.15) is 5.10 Å². The molecule has 5 aromatic rings. The van der Waals surface area contributed by atoms with Crippen LogP contribution in [-0.2, 0) is 18.0 Å². The molecule has 2 aromatic heterocycles. The van der Waals surface area contributed by atoms with Crippen LogP contribution in [0.1, 0.15) is 24.8 Å². The fourth-order valence-electron chi connectivity index (χ4n) is 5.50. The van der Waals surface area contributed by atoms with Crippen molar-refractivity contribution >= 4 is 57.7 Å². The topological polar surface area (TPSA) is 60.1 Å². The Morgan fingerprint density at radius 1 is 0.927 bits per heavy atom. The maximum Gasteiger partial charge on any atom is 0.214 e. The number of halogens is 1. The first-order valence-corrected chi connectivity index (χ1v) is 19.1. The zero-order chi connectivity index (χ0) is 28.4. The van der Waals surface area contributed by atoms with Crippen molar-refractivity contribution in [3.05, 3.63) is 76.8 Å². The van der Waals surface area contributed by atoms with Crippen LogP contribution in [0.3, 0.4) is 0 Å². The number of rotatable bonds is 10. The van der Waals surface area contributed by atoms with E-state index >= 15 is 0 Å². The first-order valence-electron chi connectivity index (χ1n) is 14.6. The number of nitrogens with one attached hydrogen (secondary N) is 1. The van der Waals surface area contributed by atoms with E-state index in [-0.39, 0.29) is 0 Å². The Morgan fingerprint density at radius 3 is 2.49 bits per heavy atom. The Kier molecular flexibility index (Phi) is 8.30. The van der Waals surface area contributed by atoms with Crippen molar-refractivity contribution in [1.82, 2.24) is 24.2 Å². The highest BCUT2D eigenvalue weighted by Gasteiger charge is 2.19. The van der Waals surface area contributed by atoms with E-state index in [1.54, 1.807) is 0 Å². The number of fused-ring (bicyclic) bond motifs is 2. The molecule has 7 nitrogen and oxygen atoms in total. The normalized spacial score (nSPS) is 14.7. The highest BCUT2D eigenvalue weighted by Crippen LogP contribution is 2.32. The third-order valence-corrected chi connectivity index (χ3v) is 9.94. The van der Waals surface area contributed by atoms with E-state index < -0.39 is 8.07 Å². The molecular weight excluding hydrogens is 592 g/mol. The quantitative estimate of drug-likeness (QED) is 0.124. The molecule has 0 saturated carbocycles. The highest BCUT2D eigenvalue weighted by molar-refractivity contribution is 9.10. The fraction of sp³-hybridized carbons (Fsp3) is 0.375. The van der Waals surface area contributed by atoms with E-state index in [4.69, 9.17) is 14.8 Å². The Labute approximate surface area is 251 Å². The van der Waals surface area contributed by atoms with Gasteiger partial charge < -0.3 is 10.1 Å². The number of nitrogens with zero attached hydrogens (tertiary/aromatic N) is 5. The van der Waals surface area contributed by atoms with Gasteiger partial charge in [-0.05, 0) is 80.0 Å². The number of benzene rings is 3. The second-order valence-corrected chi connectivity index (χ2v) is 18.8. The molecule has 1 fully saturated rings. The average Bonchev–Trinajstić information content (AvgIpc) is 3.48. The smallest absolute Gasteiger partial charge is 0.214 e. The summed E-state index contributed by atoms with van der Waals surface area (Å²) in [5.41, 5.74) is 5.43. The maximum atomic E-state index is 6.09. The van der Waals surface area contributed by atoms with Crippen LogP contribution in [0, 0.1) is 0 Å². The van der Waals surface area contributed by atoms with Crippen molar-refractivity contribution in [3.63, 3.8) is 0 Å². The molecule has 3 aromatic carbocycles. The van der Waals surface area contributed by atoms with Crippen LogP contribution in [0.15, 0.2) is 71.2 Å². The first-order chi connectivity index (χ1) is 19.8. The second kappa shape index (κ2) is 12.1. The van der Waals surface area contributed by atoms with Crippen molar-refractivity contribution in [1.29, 1.82) is 0 Å². The van der Waals surface area contributed by atoms with Crippen molar-refractivity contribution in [3.8, 4) is 5.69 Å². The van der Waals surface area contributed by atoms with Gasteiger partial charge in [-0.1, -0.05) is 66.3 Å². The Hall–Kier alpha value is -2.98. The monoisotopic (exact) mass is 630 g/mol. The molecule has 0 radical (unpaired) electrons. The number of hydrogen-bond acceptors (Lipinski definition) is 5. The van der Waals surface area contributed by atoms with Gasteiger partial charge in [0.2, 0.25) is 5.95 Å². The average molecular weight is 632 g/mol. The molecule has 0 aliphatic carbocycles. The van der Waals surface area contributed by atoms with Crippen molar-refractivity contribution in [2.45, 2.75) is 58.2 Å². The van der Waals surface area contributed by atoms with E-state index in [1.165, 1.54) is 37.9 Å². The lowest BCUT2D eigenvalue weighted by Crippen LogP contribution is -2.29. The van der Waals surface area contributed by atoms with Gasteiger partial charge in [0.1, 0.15) is 6.73 Å². The van der Waals surface area contributed by atoms with Crippen molar-refractivity contribution < 1.29 is 4.74 Å². The van der Waals surface area contributed by atoms with Crippen LogP contribution >= 0.6 is 15.9 Å². The summed E-state index contributed by atoms with van der Waals surface area (Å²) < 4.78 is 11.2. The summed E-state index contributed by atoms with van der Waals surface area (Å²) in [5.74, 6) is 1.50. The van der Waals surface area contributed by atoms with E-state index in [0.717, 1.165) is 63.1 Å². The number of imidazole rings is 1. The number of aromatic nitrogens is 4. The summed E-state index contributed by atoms with van der Waals surface area (Å²) in [6, 6.07) is 24.5. The molecule has 3 heterocycles. The number of hydrogen-bond donors (Lipinski definition) is 1. The Balaban J connectivity index is 1.35. The van der Waals surface area contributed by atoms with Gasteiger partial charge in [-0.15, -0.1) is 0 Å². The van der Waals surface area contributed by atoms with Crippen LogP contribution in [-0.4, -0.2) is 52.0 Å². The minimum atomic E-state index is -1.16. The van der Waals surface area contributed by atoms with E-state index in [2.05, 4.69) is 111 Å². The minimum Gasteiger partial charge on any atom is -0.360 e. The van der Waals surface area contributed by atoms with Gasteiger partial charge in [-0.3, -0.25) is 9.47 Å². The third kappa shape index (κ3) is 6.59. The van der Waals surface area contributed by atoms with Crippen LogP contribution in [0.5, 0.6) is 0 Å². The first kappa shape index (κ1) is 28.2. The van der Waals surface area contributed by atoms with E-state index in [0.29, 0.717) is 6.73 Å². The van der Waals surface area contributed by atoms with Gasteiger partial charge in [-0.25, -0.2) is 9.67 Å². The van der Waals surface area contributed by atoms with Crippen molar-refractivity contribution in [2.24, 2.45) is 0 Å². The molecule has 1 N–H and O–H groups in total.